The molecule has 5 heteroatoms. The van der Waals surface area contributed by atoms with Gasteiger partial charge in [0, 0.05) is 18.0 Å². The van der Waals surface area contributed by atoms with E-state index in [1.54, 1.807) is 62.1 Å². The third-order valence-electron chi connectivity index (χ3n) is 2.44. The molecule has 1 aromatic carbocycles. The average Bonchev–Trinajstić information content (AvgIpc) is 2.48. The highest BCUT2D eigenvalue weighted by molar-refractivity contribution is 5.94. The van der Waals surface area contributed by atoms with E-state index < -0.39 is 0 Å². The van der Waals surface area contributed by atoms with Crippen molar-refractivity contribution in [3.05, 3.63) is 59.9 Å². The predicted molar refractivity (Wildman–Crippen MR) is 72.3 cm³/mol. The highest BCUT2D eigenvalue weighted by Crippen LogP contribution is 2.10. The van der Waals surface area contributed by atoms with E-state index >= 15 is 0 Å². The largest absolute Gasteiger partial charge is 0.497 e. The van der Waals surface area contributed by atoms with Crippen molar-refractivity contribution in [2.45, 2.75) is 0 Å². The van der Waals surface area contributed by atoms with Gasteiger partial charge in [-0.15, -0.1) is 0 Å². The van der Waals surface area contributed by atoms with Crippen LogP contribution in [0.2, 0.25) is 0 Å². The van der Waals surface area contributed by atoms with Crippen LogP contribution in [0.4, 0.5) is 0 Å². The standard InChI is InChI=1S/C14H13N3O2/c1-19-13-4-2-12(3-5-13)14(18)17-16-10-11-6-8-15-9-7-11/h2-10H,1H3,(H,17,18). The topological polar surface area (TPSA) is 63.6 Å². The summed E-state index contributed by atoms with van der Waals surface area (Å²) in [6.07, 6.45) is 4.88. The monoisotopic (exact) mass is 255 g/mol. The van der Waals surface area contributed by atoms with Crippen molar-refractivity contribution in [2.75, 3.05) is 7.11 Å². The number of benzene rings is 1. The SMILES string of the molecule is COc1ccc(C(=O)NN=Cc2ccncc2)cc1. The van der Waals surface area contributed by atoms with Gasteiger partial charge in [0.25, 0.3) is 5.91 Å². The number of hydrazone groups is 1. The molecule has 0 bridgehead atoms. The summed E-state index contributed by atoms with van der Waals surface area (Å²) in [4.78, 5) is 15.6. The fourth-order valence-corrected chi connectivity index (χ4v) is 1.42. The molecule has 2 rings (SSSR count). The Balaban J connectivity index is 1.95. The number of ether oxygens (including phenoxy) is 1. The number of nitrogens with zero attached hydrogens (tertiary/aromatic N) is 2. The molecule has 19 heavy (non-hydrogen) atoms. The quantitative estimate of drug-likeness (QED) is 0.670. The van der Waals surface area contributed by atoms with Gasteiger partial charge in [-0.3, -0.25) is 9.78 Å². The van der Waals surface area contributed by atoms with E-state index in [2.05, 4.69) is 15.5 Å². The summed E-state index contributed by atoms with van der Waals surface area (Å²) in [7, 11) is 1.58. The summed E-state index contributed by atoms with van der Waals surface area (Å²) < 4.78 is 5.02. The number of pyridine rings is 1. The number of nitrogens with one attached hydrogen (secondary N) is 1. The molecule has 0 spiro atoms. The fourth-order valence-electron chi connectivity index (χ4n) is 1.42. The molecule has 0 atom stereocenters. The summed E-state index contributed by atoms with van der Waals surface area (Å²) in [5.41, 5.74) is 3.84. The first-order chi connectivity index (χ1) is 9.29. The summed E-state index contributed by atoms with van der Waals surface area (Å²) >= 11 is 0. The molecule has 0 unspecified atom stereocenters. The average molecular weight is 255 g/mol. The van der Waals surface area contributed by atoms with Crippen molar-refractivity contribution in [1.82, 2.24) is 10.4 Å². The lowest BCUT2D eigenvalue weighted by Gasteiger charge is -2.01. The lowest BCUT2D eigenvalue weighted by Crippen LogP contribution is -2.17. The van der Waals surface area contributed by atoms with Crippen molar-refractivity contribution < 1.29 is 9.53 Å². The molecule has 0 aliphatic heterocycles. The van der Waals surface area contributed by atoms with Gasteiger partial charge in [-0.25, -0.2) is 5.43 Å². The highest BCUT2D eigenvalue weighted by Gasteiger charge is 2.03. The van der Waals surface area contributed by atoms with E-state index in [1.807, 2.05) is 0 Å². The molecule has 0 saturated carbocycles. The zero-order valence-corrected chi connectivity index (χ0v) is 10.4. The Kier molecular flexibility index (Phi) is 4.23. The van der Waals surface area contributed by atoms with Gasteiger partial charge >= 0.3 is 0 Å². The number of hydrogen-bond donors (Lipinski definition) is 1. The normalized spacial score (nSPS) is 10.4. The third-order valence-corrected chi connectivity index (χ3v) is 2.44. The van der Waals surface area contributed by atoms with Crippen LogP contribution in [0.25, 0.3) is 0 Å². The lowest BCUT2D eigenvalue weighted by molar-refractivity contribution is 0.0955. The van der Waals surface area contributed by atoms with Crippen LogP contribution in [-0.4, -0.2) is 24.2 Å². The molecule has 96 valence electrons. The Morgan fingerprint density at radius 3 is 2.53 bits per heavy atom. The smallest absolute Gasteiger partial charge is 0.271 e. The van der Waals surface area contributed by atoms with Crippen LogP contribution in [-0.2, 0) is 0 Å². The molecule has 5 nitrogen and oxygen atoms in total. The van der Waals surface area contributed by atoms with Crippen molar-refractivity contribution >= 4 is 12.1 Å². The molecule has 2 aromatic rings. The van der Waals surface area contributed by atoms with Crippen molar-refractivity contribution in [1.29, 1.82) is 0 Å². The van der Waals surface area contributed by atoms with Crippen LogP contribution >= 0.6 is 0 Å². The molecule has 0 radical (unpaired) electrons. The van der Waals surface area contributed by atoms with Crippen LogP contribution in [0.1, 0.15) is 15.9 Å². The maximum atomic E-state index is 11.8. The van der Waals surface area contributed by atoms with Gasteiger partial charge in [0.1, 0.15) is 5.75 Å². The van der Waals surface area contributed by atoms with Crippen LogP contribution < -0.4 is 10.2 Å². The third kappa shape index (κ3) is 3.64. The second kappa shape index (κ2) is 6.30. The molecule has 0 saturated heterocycles. The number of aromatic nitrogens is 1. The summed E-state index contributed by atoms with van der Waals surface area (Å²) in [5, 5.41) is 3.88. The molecule has 0 fully saturated rings. The van der Waals surface area contributed by atoms with Gasteiger partial charge in [0.05, 0.1) is 13.3 Å². The van der Waals surface area contributed by atoms with Crippen LogP contribution in [0.3, 0.4) is 0 Å². The molecule has 1 amide bonds. The highest BCUT2D eigenvalue weighted by atomic mass is 16.5. The van der Waals surface area contributed by atoms with E-state index in [0.717, 1.165) is 5.56 Å². The maximum absolute atomic E-state index is 11.8. The van der Waals surface area contributed by atoms with Crippen LogP contribution in [0, 0.1) is 0 Å². The number of rotatable bonds is 4. The minimum atomic E-state index is -0.270. The zero-order valence-electron chi connectivity index (χ0n) is 10.4. The zero-order chi connectivity index (χ0) is 13.5. The molecule has 0 aliphatic carbocycles. The first kappa shape index (κ1) is 12.8. The van der Waals surface area contributed by atoms with E-state index in [-0.39, 0.29) is 5.91 Å². The molecule has 1 heterocycles. The van der Waals surface area contributed by atoms with E-state index in [9.17, 15) is 4.79 Å². The molecule has 1 aromatic heterocycles. The van der Waals surface area contributed by atoms with Crippen LogP contribution in [0.15, 0.2) is 53.9 Å². The predicted octanol–water partition coefficient (Wildman–Crippen LogP) is 1.85. The first-order valence-electron chi connectivity index (χ1n) is 5.67. The Morgan fingerprint density at radius 2 is 1.89 bits per heavy atom. The fraction of sp³-hybridized carbons (Fsp3) is 0.0714. The number of carbonyl (C=O) groups excluding carboxylic acids is 1. The van der Waals surface area contributed by atoms with Gasteiger partial charge in [0.2, 0.25) is 0 Å². The Morgan fingerprint density at radius 1 is 1.21 bits per heavy atom. The number of amides is 1. The number of carbonyl (C=O) groups is 1. The first-order valence-corrected chi connectivity index (χ1v) is 5.67. The Hall–Kier alpha value is -2.69. The van der Waals surface area contributed by atoms with Crippen molar-refractivity contribution in [2.24, 2.45) is 5.10 Å². The summed E-state index contributed by atoms with van der Waals surface area (Å²) in [6.45, 7) is 0. The molecule has 0 aliphatic rings. The Labute approximate surface area is 110 Å². The van der Waals surface area contributed by atoms with Crippen molar-refractivity contribution in [3.63, 3.8) is 0 Å². The second-order valence-electron chi connectivity index (χ2n) is 3.71. The summed E-state index contributed by atoms with van der Waals surface area (Å²) in [5.74, 6) is 0.435. The lowest BCUT2D eigenvalue weighted by atomic mass is 10.2. The number of methoxy groups -OCH3 is 1. The van der Waals surface area contributed by atoms with Gasteiger partial charge in [-0.05, 0) is 42.0 Å². The molecule has 1 N–H and O–H groups in total. The van der Waals surface area contributed by atoms with E-state index in [0.29, 0.717) is 11.3 Å². The van der Waals surface area contributed by atoms with Gasteiger partial charge in [0.15, 0.2) is 0 Å². The molecular weight excluding hydrogens is 242 g/mol. The maximum Gasteiger partial charge on any atom is 0.271 e. The van der Waals surface area contributed by atoms with Gasteiger partial charge in [-0.1, -0.05) is 0 Å². The van der Waals surface area contributed by atoms with Crippen molar-refractivity contribution in [3.8, 4) is 5.75 Å². The second-order valence-corrected chi connectivity index (χ2v) is 3.71. The van der Waals surface area contributed by atoms with E-state index in [1.165, 1.54) is 0 Å². The van der Waals surface area contributed by atoms with E-state index in [4.69, 9.17) is 4.74 Å². The van der Waals surface area contributed by atoms with Gasteiger partial charge < -0.3 is 4.74 Å². The minimum Gasteiger partial charge on any atom is -0.497 e. The van der Waals surface area contributed by atoms with Gasteiger partial charge in [-0.2, -0.15) is 5.10 Å². The minimum absolute atomic E-state index is 0.270. The number of hydrogen-bond acceptors (Lipinski definition) is 4. The Bertz CT molecular complexity index is 565. The van der Waals surface area contributed by atoms with Crippen LogP contribution in [0.5, 0.6) is 5.75 Å². The summed E-state index contributed by atoms with van der Waals surface area (Å²) in [6, 6.07) is 10.4. The molecular formula is C14H13N3O2.